The van der Waals surface area contributed by atoms with Crippen LogP contribution < -0.4 is 4.74 Å². The van der Waals surface area contributed by atoms with Crippen LogP contribution in [-0.2, 0) is 9.53 Å². The highest BCUT2D eigenvalue weighted by Crippen LogP contribution is 2.26. The number of carbonyl (C=O) groups excluding carboxylic acids is 2. The second-order valence-corrected chi connectivity index (χ2v) is 3.01. The summed E-state index contributed by atoms with van der Waals surface area (Å²) in [4.78, 5) is 22.1. The van der Waals surface area contributed by atoms with Gasteiger partial charge in [0.1, 0.15) is 0 Å². The number of benzene rings is 1. The third-order valence-electron chi connectivity index (χ3n) is 1.79. The van der Waals surface area contributed by atoms with E-state index in [2.05, 4.69) is 9.47 Å². The Morgan fingerprint density at radius 2 is 1.83 bits per heavy atom. The molecule has 0 bridgehead atoms. The highest BCUT2D eigenvalue weighted by Gasteiger charge is 2.32. The molecule has 0 atom stereocenters. The van der Waals surface area contributed by atoms with Gasteiger partial charge < -0.3 is 9.47 Å². The lowest BCUT2D eigenvalue weighted by Crippen LogP contribution is -2.19. The number of carbonyl (C=O) groups is 2. The Bertz CT molecular complexity index is 481. The van der Waals surface area contributed by atoms with Crippen molar-refractivity contribution in [3.8, 4) is 5.75 Å². The number of Topliss-reactive ketones (excluding diaryl/α,β-unsaturated/α-hetero) is 1. The molecule has 0 heterocycles. The predicted octanol–water partition coefficient (Wildman–Crippen LogP) is 2.08. The summed E-state index contributed by atoms with van der Waals surface area (Å²) < 4.78 is 56.1. The van der Waals surface area contributed by atoms with Gasteiger partial charge in [-0.2, -0.15) is 0 Å². The monoisotopic (exact) mass is 266 g/mol. The quantitative estimate of drug-likeness (QED) is 0.364. The van der Waals surface area contributed by atoms with E-state index in [9.17, 15) is 27.2 Å². The zero-order valence-electron chi connectivity index (χ0n) is 8.88. The van der Waals surface area contributed by atoms with E-state index in [1.807, 2.05) is 0 Å². The molecule has 0 saturated carbocycles. The van der Waals surface area contributed by atoms with Crippen LogP contribution in [-0.4, -0.2) is 25.2 Å². The van der Waals surface area contributed by atoms with Crippen molar-refractivity contribution in [1.29, 1.82) is 0 Å². The van der Waals surface area contributed by atoms with Crippen molar-refractivity contribution >= 4 is 11.8 Å². The fourth-order valence-electron chi connectivity index (χ4n) is 1.06. The minimum absolute atomic E-state index is 0.436. The van der Waals surface area contributed by atoms with Gasteiger partial charge in [0.05, 0.1) is 7.11 Å². The summed E-state index contributed by atoms with van der Waals surface area (Å²) in [6.45, 7) is 0. The van der Waals surface area contributed by atoms with Gasteiger partial charge in [0, 0.05) is 5.56 Å². The van der Waals surface area contributed by atoms with Crippen LogP contribution in [0.15, 0.2) is 18.2 Å². The molecule has 1 rings (SSSR count). The SMILES string of the molecule is COC(=O)C(=O)c1ccc(OC(F)(F)F)c(F)c1. The molecule has 0 aliphatic rings. The van der Waals surface area contributed by atoms with Crippen molar-refractivity contribution in [2.75, 3.05) is 7.11 Å². The lowest BCUT2D eigenvalue weighted by atomic mass is 10.1. The molecule has 1 aromatic carbocycles. The second-order valence-electron chi connectivity index (χ2n) is 3.01. The van der Waals surface area contributed by atoms with Gasteiger partial charge in [0.25, 0.3) is 5.78 Å². The first kappa shape index (κ1) is 13.9. The molecule has 0 aliphatic heterocycles. The van der Waals surface area contributed by atoms with Crippen molar-refractivity contribution in [3.05, 3.63) is 29.6 Å². The van der Waals surface area contributed by atoms with Crippen LogP contribution in [0.5, 0.6) is 5.75 Å². The Balaban J connectivity index is 2.99. The van der Waals surface area contributed by atoms with E-state index in [0.29, 0.717) is 12.1 Å². The summed E-state index contributed by atoms with van der Waals surface area (Å²) in [6.07, 6.45) is -5.05. The maximum Gasteiger partial charge on any atom is 0.573 e. The van der Waals surface area contributed by atoms with Crippen LogP contribution in [0, 0.1) is 5.82 Å². The highest BCUT2D eigenvalue weighted by atomic mass is 19.4. The van der Waals surface area contributed by atoms with E-state index in [-0.39, 0.29) is 0 Å². The van der Waals surface area contributed by atoms with Crippen LogP contribution in [0.1, 0.15) is 10.4 Å². The number of halogens is 4. The molecule has 8 heteroatoms. The zero-order chi connectivity index (χ0) is 13.9. The molecule has 0 radical (unpaired) electrons. The van der Waals surface area contributed by atoms with E-state index < -0.39 is 35.2 Å². The Kier molecular flexibility index (Phi) is 3.89. The molecule has 18 heavy (non-hydrogen) atoms. The fraction of sp³-hybridized carbons (Fsp3) is 0.200. The molecule has 1 aromatic rings. The summed E-state index contributed by atoms with van der Waals surface area (Å²) in [7, 11) is 0.942. The van der Waals surface area contributed by atoms with Crippen LogP contribution >= 0.6 is 0 Å². The Morgan fingerprint density at radius 3 is 2.28 bits per heavy atom. The largest absolute Gasteiger partial charge is 0.573 e. The number of alkyl halides is 3. The number of ketones is 1. The summed E-state index contributed by atoms with van der Waals surface area (Å²) in [5.41, 5.74) is -0.436. The molecular weight excluding hydrogens is 260 g/mol. The minimum Gasteiger partial charge on any atom is -0.463 e. The molecule has 0 unspecified atom stereocenters. The summed E-state index contributed by atoms with van der Waals surface area (Å²) in [5.74, 6) is -4.93. The maximum atomic E-state index is 13.2. The van der Waals surface area contributed by atoms with Gasteiger partial charge in [-0.25, -0.2) is 9.18 Å². The van der Waals surface area contributed by atoms with Crippen molar-refractivity contribution < 1.29 is 36.6 Å². The molecule has 0 saturated heterocycles. The molecular formula is C10H6F4O4. The third-order valence-corrected chi connectivity index (χ3v) is 1.79. The van der Waals surface area contributed by atoms with Crippen molar-refractivity contribution in [2.24, 2.45) is 0 Å². The minimum atomic E-state index is -5.05. The van der Waals surface area contributed by atoms with E-state index in [4.69, 9.17) is 0 Å². The third kappa shape index (κ3) is 3.44. The normalized spacial score (nSPS) is 10.9. The van der Waals surface area contributed by atoms with Gasteiger partial charge in [-0.15, -0.1) is 13.2 Å². The van der Waals surface area contributed by atoms with Crippen molar-refractivity contribution in [1.82, 2.24) is 0 Å². The zero-order valence-corrected chi connectivity index (χ0v) is 8.88. The Labute approximate surface area is 98.1 Å². The Morgan fingerprint density at radius 1 is 1.22 bits per heavy atom. The topological polar surface area (TPSA) is 52.6 Å². The first-order valence-corrected chi connectivity index (χ1v) is 4.42. The Hall–Kier alpha value is -2.12. The number of esters is 1. The highest BCUT2D eigenvalue weighted by molar-refractivity contribution is 6.40. The molecule has 0 N–H and O–H groups in total. The van der Waals surface area contributed by atoms with Gasteiger partial charge in [-0.1, -0.05) is 0 Å². The predicted molar refractivity (Wildman–Crippen MR) is 49.4 cm³/mol. The van der Waals surface area contributed by atoms with E-state index in [1.165, 1.54) is 0 Å². The molecule has 98 valence electrons. The van der Waals surface area contributed by atoms with Crippen molar-refractivity contribution in [2.45, 2.75) is 6.36 Å². The molecule has 0 aromatic heterocycles. The van der Waals surface area contributed by atoms with Gasteiger partial charge in [-0.05, 0) is 18.2 Å². The van der Waals surface area contributed by atoms with Gasteiger partial charge >= 0.3 is 12.3 Å². The average Bonchev–Trinajstić information content (AvgIpc) is 2.28. The molecule has 4 nitrogen and oxygen atoms in total. The van der Waals surface area contributed by atoms with Gasteiger partial charge in [-0.3, -0.25) is 4.79 Å². The van der Waals surface area contributed by atoms with Crippen LogP contribution in [0.4, 0.5) is 17.6 Å². The number of hydrogen-bond donors (Lipinski definition) is 0. The maximum absolute atomic E-state index is 13.2. The summed E-state index contributed by atoms with van der Waals surface area (Å²) >= 11 is 0. The molecule has 0 spiro atoms. The van der Waals surface area contributed by atoms with Gasteiger partial charge in [0.2, 0.25) is 0 Å². The van der Waals surface area contributed by atoms with E-state index in [0.717, 1.165) is 13.2 Å². The van der Waals surface area contributed by atoms with Crippen LogP contribution in [0.25, 0.3) is 0 Å². The molecule has 0 aliphatic carbocycles. The molecule has 0 fully saturated rings. The standard InChI is InChI=1S/C10H6F4O4/c1-17-9(16)8(15)5-2-3-7(6(11)4-5)18-10(12,13)14/h2-4H,1H3. The summed E-state index contributed by atoms with van der Waals surface area (Å²) in [5, 5.41) is 0. The average molecular weight is 266 g/mol. The smallest absolute Gasteiger partial charge is 0.463 e. The summed E-state index contributed by atoms with van der Waals surface area (Å²) in [6, 6.07) is 1.88. The fourth-order valence-corrected chi connectivity index (χ4v) is 1.06. The van der Waals surface area contributed by atoms with Crippen molar-refractivity contribution in [3.63, 3.8) is 0 Å². The molecule has 0 amide bonds. The van der Waals surface area contributed by atoms with Crippen LogP contribution in [0.3, 0.4) is 0 Å². The number of rotatable bonds is 3. The van der Waals surface area contributed by atoms with E-state index >= 15 is 0 Å². The number of hydrogen-bond acceptors (Lipinski definition) is 4. The lowest BCUT2D eigenvalue weighted by molar-refractivity contribution is -0.275. The number of ether oxygens (including phenoxy) is 2. The lowest BCUT2D eigenvalue weighted by Gasteiger charge is -2.09. The van der Waals surface area contributed by atoms with Crippen LogP contribution in [0.2, 0.25) is 0 Å². The first-order chi connectivity index (χ1) is 8.24. The van der Waals surface area contributed by atoms with E-state index in [1.54, 1.807) is 0 Å². The van der Waals surface area contributed by atoms with Gasteiger partial charge in [0.15, 0.2) is 11.6 Å². The second kappa shape index (κ2) is 5.03. The number of methoxy groups -OCH3 is 1. The first-order valence-electron chi connectivity index (χ1n) is 4.42.